The lowest BCUT2D eigenvalue weighted by Gasteiger charge is -2.16. The maximum atomic E-state index is 10.2. The minimum absolute atomic E-state index is 0.248. The largest absolute Gasteiger partial charge is 0.387 e. The summed E-state index contributed by atoms with van der Waals surface area (Å²) in [5.41, 5.74) is 6.61. The molecule has 9 heteroatoms. The summed E-state index contributed by atoms with van der Waals surface area (Å²) < 4.78 is 7.31. The van der Waals surface area contributed by atoms with Gasteiger partial charge in [0, 0.05) is 5.75 Å². The molecule has 0 amide bonds. The molecule has 8 nitrogen and oxygen atoms in total. The van der Waals surface area contributed by atoms with Crippen molar-refractivity contribution in [2.24, 2.45) is 0 Å². The average molecular weight is 321 g/mol. The standard InChI is InChI=1S/C13H15N5O3S/c1-2-3-22-4-7-9(19)10(20)13(21-7)18-6-17-8-11(14)15-5-16-12(8)18/h1,5-7,9-10,13,19-20H,3-4H2,(H2,14,15,16)/t7-,9-,10-,13-/m1/s1. The van der Waals surface area contributed by atoms with Gasteiger partial charge in [-0.15, -0.1) is 18.2 Å². The summed E-state index contributed by atoms with van der Waals surface area (Å²) in [6.45, 7) is 0. The third kappa shape index (κ3) is 2.50. The molecule has 0 spiro atoms. The van der Waals surface area contributed by atoms with E-state index in [1.165, 1.54) is 24.4 Å². The molecule has 0 unspecified atom stereocenters. The van der Waals surface area contributed by atoms with E-state index >= 15 is 0 Å². The summed E-state index contributed by atoms with van der Waals surface area (Å²) in [6.07, 6.45) is 4.57. The van der Waals surface area contributed by atoms with Gasteiger partial charge in [0.2, 0.25) is 0 Å². The zero-order valence-corrected chi connectivity index (χ0v) is 12.3. The molecule has 22 heavy (non-hydrogen) atoms. The number of terminal acetylenes is 1. The smallest absolute Gasteiger partial charge is 0.167 e. The monoisotopic (exact) mass is 321 g/mol. The molecule has 4 N–H and O–H groups in total. The molecule has 3 rings (SSSR count). The summed E-state index contributed by atoms with van der Waals surface area (Å²) in [5, 5.41) is 20.4. The van der Waals surface area contributed by atoms with Gasteiger partial charge in [-0.2, -0.15) is 0 Å². The second-order valence-electron chi connectivity index (χ2n) is 4.85. The van der Waals surface area contributed by atoms with Crippen LogP contribution in [0.4, 0.5) is 5.82 Å². The number of nitrogens with zero attached hydrogens (tertiary/aromatic N) is 4. The quantitative estimate of drug-likeness (QED) is 0.504. The lowest BCUT2D eigenvalue weighted by molar-refractivity contribution is -0.0288. The third-order valence-electron chi connectivity index (χ3n) is 3.47. The van der Waals surface area contributed by atoms with Crippen LogP contribution in [-0.4, -0.2) is 59.5 Å². The number of ether oxygens (including phenoxy) is 1. The lowest BCUT2D eigenvalue weighted by Crippen LogP contribution is -2.32. The van der Waals surface area contributed by atoms with Gasteiger partial charge in [-0.25, -0.2) is 15.0 Å². The van der Waals surface area contributed by atoms with Gasteiger partial charge in [0.25, 0.3) is 0 Å². The zero-order chi connectivity index (χ0) is 15.7. The highest BCUT2D eigenvalue weighted by Crippen LogP contribution is 2.33. The number of nitrogen functional groups attached to an aromatic ring is 1. The Balaban J connectivity index is 1.85. The van der Waals surface area contributed by atoms with Gasteiger partial charge in [-0.1, -0.05) is 5.92 Å². The van der Waals surface area contributed by atoms with Crippen LogP contribution >= 0.6 is 11.8 Å². The second kappa shape index (κ2) is 6.10. The molecule has 4 atom stereocenters. The van der Waals surface area contributed by atoms with E-state index in [1.54, 1.807) is 4.57 Å². The lowest BCUT2D eigenvalue weighted by atomic mass is 10.1. The Morgan fingerprint density at radius 3 is 2.95 bits per heavy atom. The van der Waals surface area contributed by atoms with E-state index in [-0.39, 0.29) is 5.82 Å². The number of anilines is 1. The van der Waals surface area contributed by atoms with Gasteiger partial charge < -0.3 is 20.7 Å². The molecule has 1 aliphatic heterocycles. The molecule has 0 bridgehead atoms. The molecule has 2 aromatic rings. The van der Waals surface area contributed by atoms with Crippen molar-refractivity contribution in [2.45, 2.75) is 24.5 Å². The maximum Gasteiger partial charge on any atom is 0.167 e. The van der Waals surface area contributed by atoms with Crippen LogP contribution in [0.3, 0.4) is 0 Å². The molecular weight excluding hydrogens is 306 g/mol. The minimum atomic E-state index is -1.09. The Morgan fingerprint density at radius 2 is 2.18 bits per heavy atom. The number of hydrogen-bond donors (Lipinski definition) is 3. The van der Waals surface area contributed by atoms with Gasteiger partial charge in [0.1, 0.15) is 24.1 Å². The Labute approximate surface area is 130 Å². The third-order valence-corrected chi connectivity index (χ3v) is 4.40. The SMILES string of the molecule is C#CCSC[C@H]1O[C@@H](n2cnc3c(N)ncnc32)[C@H](O)[C@@H]1O. The van der Waals surface area contributed by atoms with E-state index < -0.39 is 24.5 Å². The first-order chi connectivity index (χ1) is 10.6. The number of thioether (sulfide) groups is 1. The highest BCUT2D eigenvalue weighted by molar-refractivity contribution is 7.99. The first kappa shape index (κ1) is 15.1. The van der Waals surface area contributed by atoms with Crippen molar-refractivity contribution in [2.75, 3.05) is 17.2 Å². The fourth-order valence-corrected chi connectivity index (χ4v) is 3.13. The highest BCUT2D eigenvalue weighted by atomic mass is 32.2. The Hall–Kier alpha value is -1.86. The van der Waals surface area contributed by atoms with Crippen molar-refractivity contribution in [3.63, 3.8) is 0 Å². The maximum absolute atomic E-state index is 10.2. The molecule has 3 heterocycles. The number of rotatable bonds is 4. The fourth-order valence-electron chi connectivity index (χ4n) is 2.39. The topological polar surface area (TPSA) is 119 Å². The van der Waals surface area contributed by atoms with Gasteiger partial charge in [0.05, 0.1) is 18.2 Å². The molecule has 1 aliphatic rings. The minimum Gasteiger partial charge on any atom is -0.387 e. The summed E-state index contributed by atoms with van der Waals surface area (Å²) in [4.78, 5) is 12.1. The van der Waals surface area contributed by atoms with E-state index in [0.29, 0.717) is 22.7 Å². The molecule has 0 saturated carbocycles. The number of hydrogen-bond acceptors (Lipinski definition) is 8. The molecular formula is C13H15N5O3S. The van der Waals surface area contributed by atoms with Crippen molar-refractivity contribution >= 4 is 28.7 Å². The van der Waals surface area contributed by atoms with Gasteiger partial charge in [-0.05, 0) is 0 Å². The van der Waals surface area contributed by atoms with E-state index in [2.05, 4.69) is 20.9 Å². The van der Waals surface area contributed by atoms with Crippen LogP contribution < -0.4 is 5.73 Å². The van der Waals surface area contributed by atoms with Gasteiger partial charge in [0.15, 0.2) is 17.7 Å². The number of aliphatic hydroxyl groups excluding tert-OH is 2. The molecule has 0 aliphatic carbocycles. The van der Waals surface area contributed by atoms with E-state index in [4.69, 9.17) is 16.9 Å². The molecule has 2 aromatic heterocycles. The van der Waals surface area contributed by atoms with Crippen LogP contribution in [0.1, 0.15) is 6.23 Å². The van der Waals surface area contributed by atoms with Crippen LogP contribution in [0.5, 0.6) is 0 Å². The summed E-state index contributed by atoms with van der Waals surface area (Å²) in [6, 6.07) is 0. The van der Waals surface area contributed by atoms with Gasteiger partial charge in [-0.3, -0.25) is 4.57 Å². The summed E-state index contributed by atoms with van der Waals surface area (Å²) >= 11 is 1.46. The van der Waals surface area contributed by atoms with Crippen molar-refractivity contribution < 1.29 is 14.9 Å². The van der Waals surface area contributed by atoms with E-state index in [9.17, 15) is 10.2 Å². The molecule has 116 valence electrons. The van der Waals surface area contributed by atoms with Crippen molar-refractivity contribution in [1.29, 1.82) is 0 Å². The Bertz CT molecular complexity index is 715. The normalized spacial score (nSPS) is 28.0. The van der Waals surface area contributed by atoms with Crippen LogP contribution in [-0.2, 0) is 4.74 Å². The van der Waals surface area contributed by atoms with E-state index in [0.717, 1.165) is 0 Å². The molecule has 1 fully saturated rings. The number of aromatic nitrogens is 4. The van der Waals surface area contributed by atoms with Crippen molar-refractivity contribution in [3.05, 3.63) is 12.7 Å². The predicted molar refractivity (Wildman–Crippen MR) is 81.8 cm³/mol. The van der Waals surface area contributed by atoms with Gasteiger partial charge >= 0.3 is 0 Å². The second-order valence-corrected chi connectivity index (χ2v) is 5.88. The number of nitrogens with two attached hydrogens (primary N) is 1. The van der Waals surface area contributed by atoms with Crippen LogP contribution in [0.2, 0.25) is 0 Å². The first-order valence-corrected chi connectivity index (χ1v) is 7.74. The van der Waals surface area contributed by atoms with Crippen molar-refractivity contribution in [1.82, 2.24) is 19.5 Å². The van der Waals surface area contributed by atoms with Crippen LogP contribution in [0, 0.1) is 12.3 Å². The van der Waals surface area contributed by atoms with E-state index in [1.807, 2.05) is 0 Å². The number of aliphatic hydroxyl groups is 2. The average Bonchev–Trinajstić information content (AvgIpc) is 3.05. The van der Waals surface area contributed by atoms with Crippen LogP contribution in [0.25, 0.3) is 11.2 Å². The predicted octanol–water partition coefficient (Wildman–Crippen LogP) is -0.606. The fraction of sp³-hybridized carbons (Fsp3) is 0.462. The zero-order valence-electron chi connectivity index (χ0n) is 11.5. The Morgan fingerprint density at radius 1 is 1.36 bits per heavy atom. The highest BCUT2D eigenvalue weighted by Gasteiger charge is 2.44. The Kier molecular flexibility index (Phi) is 4.17. The number of fused-ring (bicyclic) bond motifs is 1. The van der Waals surface area contributed by atoms with Crippen molar-refractivity contribution in [3.8, 4) is 12.3 Å². The summed E-state index contributed by atoms with van der Waals surface area (Å²) in [7, 11) is 0. The molecule has 1 saturated heterocycles. The summed E-state index contributed by atoms with van der Waals surface area (Å²) in [5.74, 6) is 3.76. The first-order valence-electron chi connectivity index (χ1n) is 6.59. The molecule has 0 aromatic carbocycles. The van der Waals surface area contributed by atoms with Crippen LogP contribution in [0.15, 0.2) is 12.7 Å². The molecule has 0 radical (unpaired) electrons. The number of imidazole rings is 1.